The third-order valence-corrected chi connectivity index (χ3v) is 6.17. The average Bonchev–Trinajstić information content (AvgIpc) is 2.67. The molecule has 1 aromatic carbocycles. The standard InChI is InChI=1S/C24H30O4/c1-5-7-8-9-16-13-19-22(23-21(16)24(25)28-20(6-2)27-23)18-12-14(3)10-11-17(18)15(4)26-19/h12-13,17-18,20H,4-11H2,1-3H3/t17-,18+,20?/m0/s1. The van der Waals surface area contributed by atoms with Crippen molar-refractivity contribution in [3.05, 3.63) is 46.7 Å². The molecular formula is C24H30O4. The van der Waals surface area contributed by atoms with Crippen LogP contribution in [0, 0.1) is 5.92 Å². The van der Waals surface area contributed by atoms with E-state index in [0.29, 0.717) is 17.7 Å². The molecule has 150 valence electrons. The third kappa shape index (κ3) is 3.23. The quantitative estimate of drug-likeness (QED) is 0.353. The van der Waals surface area contributed by atoms with Crippen LogP contribution in [-0.4, -0.2) is 12.3 Å². The van der Waals surface area contributed by atoms with Crippen molar-refractivity contribution in [3.8, 4) is 11.5 Å². The minimum absolute atomic E-state index is 0.145. The minimum Gasteiger partial charge on any atom is -0.462 e. The summed E-state index contributed by atoms with van der Waals surface area (Å²) >= 11 is 0. The first-order chi connectivity index (χ1) is 13.5. The fraction of sp³-hybridized carbons (Fsp3) is 0.542. The molecule has 0 amide bonds. The van der Waals surface area contributed by atoms with Gasteiger partial charge < -0.3 is 14.2 Å². The number of hydrogen-bond donors (Lipinski definition) is 0. The van der Waals surface area contributed by atoms with Gasteiger partial charge in [0.05, 0.1) is 0 Å². The van der Waals surface area contributed by atoms with Crippen molar-refractivity contribution in [2.24, 2.45) is 5.92 Å². The number of hydrogen-bond acceptors (Lipinski definition) is 4. The zero-order valence-electron chi connectivity index (χ0n) is 17.2. The molecule has 0 saturated carbocycles. The Balaban J connectivity index is 1.88. The molecule has 0 spiro atoms. The molecule has 0 N–H and O–H groups in total. The molecule has 2 heterocycles. The summed E-state index contributed by atoms with van der Waals surface area (Å²) in [5.41, 5.74) is 3.93. The summed E-state index contributed by atoms with van der Waals surface area (Å²) in [6.07, 6.45) is 8.56. The zero-order chi connectivity index (χ0) is 19.8. The summed E-state index contributed by atoms with van der Waals surface area (Å²) < 4.78 is 18.0. The smallest absolute Gasteiger partial charge is 0.345 e. The molecule has 4 rings (SSSR count). The number of cyclic esters (lactones) is 1. The maximum atomic E-state index is 12.9. The molecule has 0 fully saturated rings. The van der Waals surface area contributed by atoms with Crippen LogP contribution in [0.1, 0.15) is 86.7 Å². The lowest BCUT2D eigenvalue weighted by Gasteiger charge is -2.39. The van der Waals surface area contributed by atoms with E-state index >= 15 is 0 Å². The number of ether oxygens (including phenoxy) is 3. The lowest BCUT2D eigenvalue weighted by Crippen LogP contribution is -2.33. The SMILES string of the molecule is C=C1Oc2cc(CCCCC)c3c(c2[C@@H]2C=C(C)CC[C@@H]12)OC(CC)OC3=O. The van der Waals surface area contributed by atoms with Crippen molar-refractivity contribution in [2.75, 3.05) is 0 Å². The molecule has 4 nitrogen and oxygen atoms in total. The van der Waals surface area contributed by atoms with Gasteiger partial charge in [0.15, 0.2) is 0 Å². The van der Waals surface area contributed by atoms with Gasteiger partial charge in [0, 0.05) is 23.8 Å². The molecule has 0 radical (unpaired) electrons. The van der Waals surface area contributed by atoms with E-state index in [2.05, 4.69) is 26.5 Å². The van der Waals surface area contributed by atoms with Crippen molar-refractivity contribution in [1.29, 1.82) is 0 Å². The topological polar surface area (TPSA) is 44.8 Å². The maximum Gasteiger partial charge on any atom is 0.345 e. The van der Waals surface area contributed by atoms with Gasteiger partial charge in [-0.25, -0.2) is 4.79 Å². The van der Waals surface area contributed by atoms with E-state index in [0.717, 1.165) is 61.2 Å². The van der Waals surface area contributed by atoms with E-state index in [4.69, 9.17) is 14.2 Å². The van der Waals surface area contributed by atoms with Gasteiger partial charge in [0.2, 0.25) is 6.29 Å². The number of unbranched alkanes of at least 4 members (excludes halogenated alkanes) is 2. The zero-order valence-corrected chi connectivity index (χ0v) is 17.2. The number of carbonyl (C=O) groups is 1. The van der Waals surface area contributed by atoms with Crippen LogP contribution in [0.25, 0.3) is 0 Å². The monoisotopic (exact) mass is 382 g/mol. The summed E-state index contributed by atoms with van der Waals surface area (Å²) in [5.74, 6) is 2.42. The van der Waals surface area contributed by atoms with E-state index in [1.54, 1.807) is 0 Å². The van der Waals surface area contributed by atoms with Crippen molar-refractivity contribution in [3.63, 3.8) is 0 Å². The van der Waals surface area contributed by atoms with E-state index in [1.807, 2.05) is 13.0 Å². The normalized spacial score (nSPS) is 25.5. The molecule has 28 heavy (non-hydrogen) atoms. The third-order valence-electron chi connectivity index (χ3n) is 6.17. The molecule has 4 heteroatoms. The van der Waals surface area contributed by atoms with Crippen molar-refractivity contribution in [2.45, 2.75) is 77.9 Å². The highest BCUT2D eigenvalue weighted by molar-refractivity contribution is 5.96. The minimum atomic E-state index is -0.535. The maximum absolute atomic E-state index is 12.9. The average molecular weight is 383 g/mol. The van der Waals surface area contributed by atoms with Crippen LogP contribution in [0.4, 0.5) is 0 Å². The first-order valence-corrected chi connectivity index (χ1v) is 10.6. The fourth-order valence-electron chi connectivity index (χ4n) is 4.64. The van der Waals surface area contributed by atoms with Gasteiger partial charge in [-0.15, -0.1) is 0 Å². The van der Waals surface area contributed by atoms with Crippen molar-refractivity contribution >= 4 is 5.97 Å². The molecule has 0 bridgehead atoms. The Morgan fingerprint density at radius 3 is 2.79 bits per heavy atom. The Morgan fingerprint density at radius 1 is 1.21 bits per heavy atom. The Hall–Kier alpha value is -2.23. The second-order valence-corrected chi connectivity index (χ2v) is 8.22. The van der Waals surface area contributed by atoms with Crippen molar-refractivity contribution in [1.82, 2.24) is 0 Å². The number of fused-ring (bicyclic) bond motifs is 5. The molecular weight excluding hydrogens is 352 g/mol. The van der Waals surface area contributed by atoms with Gasteiger partial charge in [0.1, 0.15) is 22.8 Å². The highest BCUT2D eigenvalue weighted by Gasteiger charge is 2.42. The fourth-order valence-corrected chi connectivity index (χ4v) is 4.64. The van der Waals surface area contributed by atoms with E-state index in [1.165, 1.54) is 5.57 Å². The Labute approximate surface area is 167 Å². The highest BCUT2D eigenvalue weighted by atomic mass is 16.7. The van der Waals surface area contributed by atoms with E-state index in [9.17, 15) is 4.79 Å². The first-order valence-electron chi connectivity index (χ1n) is 10.6. The van der Waals surface area contributed by atoms with E-state index in [-0.39, 0.29) is 17.8 Å². The van der Waals surface area contributed by atoms with Gasteiger partial charge in [0.25, 0.3) is 0 Å². The molecule has 1 aromatic rings. The predicted molar refractivity (Wildman–Crippen MR) is 109 cm³/mol. The summed E-state index contributed by atoms with van der Waals surface area (Å²) in [4.78, 5) is 12.9. The molecule has 2 aliphatic heterocycles. The Morgan fingerprint density at radius 2 is 2.04 bits per heavy atom. The molecule has 0 saturated heterocycles. The van der Waals surface area contributed by atoms with Gasteiger partial charge in [-0.1, -0.05) is 44.9 Å². The predicted octanol–water partition coefficient (Wildman–Crippen LogP) is 6.05. The second kappa shape index (κ2) is 7.65. The summed E-state index contributed by atoms with van der Waals surface area (Å²) in [7, 11) is 0. The molecule has 0 aromatic heterocycles. The number of carbonyl (C=O) groups excluding carboxylic acids is 1. The number of rotatable bonds is 5. The Kier molecular flexibility index (Phi) is 5.22. The number of esters is 1. The molecule has 3 aliphatic rings. The van der Waals surface area contributed by atoms with Gasteiger partial charge in [-0.05, 0) is 44.2 Å². The van der Waals surface area contributed by atoms with Crippen LogP contribution in [0.5, 0.6) is 11.5 Å². The van der Waals surface area contributed by atoms with Crippen LogP contribution in [0.15, 0.2) is 30.1 Å². The summed E-state index contributed by atoms with van der Waals surface area (Å²) in [6, 6.07) is 2.03. The summed E-state index contributed by atoms with van der Waals surface area (Å²) in [5, 5.41) is 0. The number of benzene rings is 1. The molecule has 1 aliphatic carbocycles. The van der Waals surface area contributed by atoms with E-state index < -0.39 is 6.29 Å². The van der Waals surface area contributed by atoms with Crippen molar-refractivity contribution < 1.29 is 19.0 Å². The van der Waals surface area contributed by atoms with Crippen LogP contribution in [0.2, 0.25) is 0 Å². The van der Waals surface area contributed by atoms with Gasteiger partial charge in [-0.2, -0.15) is 0 Å². The number of allylic oxidation sites excluding steroid dienone is 3. The molecule has 3 atom stereocenters. The second-order valence-electron chi connectivity index (χ2n) is 8.22. The molecule has 1 unspecified atom stereocenters. The van der Waals surface area contributed by atoms with Crippen LogP contribution < -0.4 is 9.47 Å². The highest BCUT2D eigenvalue weighted by Crippen LogP contribution is 2.53. The first kappa shape index (κ1) is 19.1. The van der Waals surface area contributed by atoms with Crippen LogP contribution >= 0.6 is 0 Å². The Bertz CT molecular complexity index is 835. The van der Waals surface area contributed by atoms with Gasteiger partial charge in [-0.3, -0.25) is 0 Å². The summed E-state index contributed by atoms with van der Waals surface area (Å²) in [6.45, 7) is 10.5. The van der Waals surface area contributed by atoms with Gasteiger partial charge >= 0.3 is 5.97 Å². The lowest BCUT2D eigenvalue weighted by atomic mass is 9.73. The largest absolute Gasteiger partial charge is 0.462 e. The number of aryl methyl sites for hydroxylation is 1. The van der Waals surface area contributed by atoms with Crippen LogP contribution in [-0.2, 0) is 11.2 Å². The lowest BCUT2D eigenvalue weighted by molar-refractivity contribution is -0.0622. The van der Waals surface area contributed by atoms with Crippen LogP contribution in [0.3, 0.4) is 0 Å².